The molecule has 8 heteroatoms. The fraction of sp³-hybridized carbons (Fsp3) is 0.600. The molecule has 6 nitrogen and oxygen atoms in total. The summed E-state index contributed by atoms with van der Waals surface area (Å²) in [6.07, 6.45) is 0.686. The summed E-state index contributed by atoms with van der Waals surface area (Å²) in [6, 6.07) is 3.25. The predicted octanol–water partition coefficient (Wildman–Crippen LogP) is 1.13. The van der Waals surface area contributed by atoms with Gasteiger partial charge in [0.2, 0.25) is 5.91 Å². The number of sulfone groups is 1. The third-order valence-corrected chi connectivity index (χ3v) is 6.84. The second-order valence-electron chi connectivity index (χ2n) is 5.89. The van der Waals surface area contributed by atoms with E-state index in [1.807, 2.05) is 11.4 Å². The van der Waals surface area contributed by atoms with Crippen LogP contribution in [0.25, 0.3) is 0 Å². The molecule has 23 heavy (non-hydrogen) atoms. The zero-order valence-electron chi connectivity index (χ0n) is 12.6. The Morgan fingerprint density at radius 3 is 2.87 bits per heavy atom. The maximum atomic E-state index is 12.4. The number of fused-ring (bicyclic) bond motifs is 1. The van der Waals surface area contributed by atoms with E-state index in [-0.39, 0.29) is 35.7 Å². The molecule has 1 aromatic rings. The third kappa shape index (κ3) is 3.81. The molecular formula is C15H19NO5S2. The molecule has 126 valence electrons. The van der Waals surface area contributed by atoms with E-state index in [9.17, 15) is 18.0 Å². The summed E-state index contributed by atoms with van der Waals surface area (Å²) in [6.45, 7) is 0.797. The highest BCUT2D eigenvalue weighted by Gasteiger charge is 2.45. The Morgan fingerprint density at radius 2 is 2.13 bits per heavy atom. The molecule has 2 saturated heterocycles. The van der Waals surface area contributed by atoms with Gasteiger partial charge >= 0.3 is 0 Å². The summed E-state index contributed by atoms with van der Waals surface area (Å²) in [5.74, 6) is -0.0500. The molecular weight excluding hydrogens is 338 g/mol. The predicted molar refractivity (Wildman–Crippen MR) is 86.4 cm³/mol. The number of hydrogen-bond donors (Lipinski definition) is 0. The second kappa shape index (κ2) is 6.70. The van der Waals surface area contributed by atoms with Gasteiger partial charge in [0.1, 0.15) is 0 Å². The summed E-state index contributed by atoms with van der Waals surface area (Å²) < 4.78 is 29.0. The molecule has 1 amide bonds. The van der Waals surface area contributed by atoms with Gasteiger partial charge in [0.05, 0.1) is 35.1 Å². The maximum Gasteiger partial charge on any atom is 0.223 e. The van der Waals surface area contributed by atoms with Gasteiger partial charge in [-0.1, -0.05) is 6.07 Å². The number of carbonyl (C=O) groups is 2. The zero-order valence-corrected chi connectivity index (χ0v) is 14.3. The number of rotatable bonds is 5. The highest BCUT2D eigenvalue weighted by Crippen LogP contribution is 2.25. The van der Waals surface area contributed by atoms with Crippen LogP contribution in [-0.4, -0.2) is 61.8 Å². The maximum absolute atomic E-state index is 12.4. The lowest BCUT2D eigenvalue weighted by Gasteiger charge is -2.36. The van der Waals surface area contributed by atoms with E-state index in [0.717, 1.165) is 0 Å². The Labute approximate surface area is 139 Å². The van der Waals surface area contributed by atoms with Crippen molar-refractivity contribution in [2.45, 2.75) is 31.4 Å². The van der Waals surface area contributed by atoms with E-state index in [1.165, 1.54) is 11.3 Å². The summed E-state index contributed by atoms with van der Waals surface area (Å²) in [4.78, 5) is 26.7. The molecule has 2 aliphatic rings. The highest BCUT2D eigenvalue weighted by atomic mass is 32.2. The number of ether oxygens (including phenoxy) is 1. The lowest BCUT2D eigenvalue weighted by atomic mass is 10.1. The fourth-order valence-corrected chi connectivity index (χ4v) is 5.69. The van der Waals surface area contributed by atoms with Crippen LogP contribution in [0.15, 0.2) is 17.5 Å². The van der Waals surface area contributed by atoms with Gasteiger partial charge in [-0.25, -0.2) is 8.42 Å². The van der Waals surface area contributed by atoms with Gasteiger partial charge in [0, 0.05) is 19.4 Å². The van der Waals surface area contributed by atoms with Crippen LogP contribution in [0.1, 0.15) is 28.9 Å². The van der Waals surface area contributed by atoms with Gasteiger partial charge in [0.15, 0.2) is 15.6 Å². The Hall–Kier alpha value is -1.25. The monoisotopic (exact) mass is 357 g/mol. The fourth-order valence-electron chi connectivity index (χ4n) is 3.13. The molecule has 0 spiro atoms. The molecule has 0 aliphatic carbocycles. The van der Waals surface area contributed by atoms with Crippen LogP contribution in [0, 0.1) is 0 Å². The topological polar surface area (TPSA) is 80.8 Å². The molecule has 1 aromatic heterocycles. The Balaban J connectivity index is 1.53. The molecule has 2 fully saturated rings. The number of morpholine rings is 1. The zero-order chi connectivity index (χ0) is 16.4. The first-order valence-electron chi connectivity index (χ1n) is 7.64. The van der Waals surface area contributed by atoms with E-state index in [0.29, 0.717) is 30.9 Å². The molecule has 0 bridgehead atoms. The van der Waals surface area contributed by atoms with E-state index < -0.39 is 15.9 Å². The number of hydrogen-bond acceptors (Lipinski definition) is 6. The van der Waals surface area contributed by atoms with Crippen molar-refractivity contribution in [2.24, 2.45) is 0 Å². The number of ketones is 1. The molecule has 0 aromatic carbocycles. The number of Topliss-reactive ketones (excluding diaryl/α,β-unsaturated/α-hetero) is 1. The van der Waals surface area contributed by atoms with E-state index in [1.54, 1.807) is 11.0 Å². The van der Waals surface area contributed by atoms with Crippen LogP contribution in [0.4, 0.5) is 0 Å². The van der Waals surface area contributed by atoms with Crippen LogP contribution >= 0.6 is 11.3 Å². The van der Waals surface area contributed by atoms with Crippen molar-refractivity contribution in [2.75, 3.05) is 24.7 Å². The van der Waals surface area contributed by atoms with Crippen LogP contribution in [-0.2, 0) is 19.4 Å². The molecule has 2 aliphatic heterocycles. The molecule has 3 heterocycles. The van der Waals surface area contributed by atoms with Gasteiger partial charge in [-0.2, -0.15) is 0 Å². The van der Waals surface area contributed by atoms with Crippen LogP contribution < -0.4 is 0 Å². The summed E-state index contributed by atoms with van der Waals surface area (Å²) in [7, 11) is -3.13. The highest BCUT2D eigenvalue weighted by molar-refractivity contribution is 7.91. The largest absolute Gasteiger partial charge is 0.373 e. The molecule has 0 radical (unpaired) electrons. The Kier molecular flexibility index (Phi) is 4.84. The quantitative estimate of drug-likeness (QED) is 0.738. The molecule has 3 rings (SSSR count). The van der Waals surface area contributed by atoms with Gasteiger partial charge in [-0.15, -0.1) is 11.3 Å². The standard InChI is InChI=1S/C15H19NO5S2/c17-12(14-4-2-8-22-14)3-1-5-15(18)16-6-7-21-13-10-23(19,20)9-11(13)16/h2,4,8,11,13H,1,3,5-7,9-10H2. The summed E-state index contributed by atoms with van der Waals surface area (Å²) in [5.41, 5.74) is 0. The smallest absolute Gasteiger partial charge is 0.223 e. The average molecular weight is 357 g/mol. The first-order valence-corrected chi connectivity index (χ1v) is 10.3. The van der Waals surface area contributed by atoms with E-state index in [2.05, 4.69) is 0 Å². The lowest BCUT2D eigenvalue weighted by Crippen LogP contribution is -2.53. The number of carbonyl (C=O) groups excluding carboxylic acids is 2. The van der Waals surface area contributed by atoms with Crippen molar-refractivity contribution in [1.82, 2.24) is 4.90 Å². The van der Waals surface area contributed by atoms with Crippen LogP contribution in [0.2, 0.25) is 0 Å². The molecule has 0 saturated carbocycles. The second-order valence-corrected chi connectivity index (χ2v) is 9.00. The minimum atomic E-state index is -3.13. The minimum absolute atomic E-state index is 0.00168. The van der Waals surface area contributed by atoms with E-state index >= 15 is 0 Å². The van der Waals surface area contributed by atoms with Gasteiger partial charge < -0.3 is 9.64 Å². The van der Waals surface area contributed by atoms with Crippen molar-refractivity contribution >= 4 is 32.9 Å². The first-order chi connectivity index (χ1) is 11.0. The summed E-state index contributed by atoms with van der Waals surface area (Å²) >= 11 is 1.40. The van der Waals surface area contributed by atoms with Crippen molar-refractivity contribution in [3.05, 3.63) is 22.4 Å². The number of amides is 1. The van der Waals surface area contributed by atoms with Crippen LogP contribution in [0.5, 0.6) is 0 Å². The van der Waals surface area contributed by atoms with Gasteiger partial charge in [-0.05, 0) is 17.9 Å². The SMILES string of the molecule is O=C(CCCC(=O)N1CCOC2CS(=O)(=O)CC21)c1cccs1. The summed E-state index contributed by atoms with van der Waals surface area (Å²) in [5, 5.41) is 1.85. The first kappa shape index (κ1) is 16.6. The molecule has 2 unspecified atom stereocenters. The number of nitrogens with zero attached hydrogens (tertiary/aromatic N) is 1. The Bertz CT molecular complexity index is 683. The van der Waals surface area contributed by atoms with E-state index in [4.69, 9.17) is 4.74 Å². The molecule has 2 atom stereocenters. The van der Waals surface area contributed by atoms with Crippen molar-refractivity contribution in [3.8, 4) is 0 Å². The van der Waals surface area contributed by atoms with Crippen LogP contribution in [0.3, 0.4) is 0 Å². The lowest BCUT2D eigenvalue weighted by molar-refractivity contribution is -0.142. The average Bonchev–Trinajstić information content (AvgIpc) is 3.11. The van der Waals surface area contributed by atoms with Crippen molar-refractivity contribution in [3.63, 3.8) is 0 Å². The van der Waals surface area contributed by atoms with Gasteiger partial charge in [0.25, 0.3) is 0 Å². The minimum Gasteiger partial charge on any atom is -0.373 e. The Morgan fingerprint density at radius 1 is 1.30 bits per heavy atom. The van der Waals surface area contributed by atoms with Crippen molar-refractivity contribution in [1.29, 1.82) is 0 Å². The third-order valence-electron chi connectivity index (χ3n) is 4.25. The van der Waals surface area contributed by atoms with Gasteiger partial charge in [-0.3, -0.25) is 9.59 Å². The molecule has 0 N–H and O–H groups in total. The van der Waals surface area contributed by atoms with Crippen molar-refractivity contribution < 1.29 is 22.7 Å². The number of thiophene rings is 1. The normalized spacial score (nSPS) is 26.0.